The lowest BCUT2D eigenvalue weighted by Gasteiger charge is -2.19. The van der Waals surface area contributed by atoms with Crippen LogP contribution in [0.25, 0.3) is 5.52 Å². The lowest BCUT2D eigenvalue weighted by Crippen LogP contribution is -2.14. The van der Waals surface area contributed by atoms with Crippen molar-refractivity contribution in [2.24, 2.45) is 5.73 Å². The van der Waals surface area contributed by atoms with Crippen LogP contribution in [0, 0.1) is 5.41 Å². The van der Waals surface area contributed by atoms with Crippen molar-refractivity contribution in [3.63, 3.8) is 0 Å². The molecule has 3 N–H and O–H groups in total. The molecule has 0 amide bonds. The first kappa shape index (κ1) is 12.2. The second kappa shape index (κ2) is 4.65. The second-order valence-electron chi connectivity index (χ2n) is 4.43. The Morgan fingerprint density at radius 3 is 2.65 bits per heavy atom. The monoisotopic (exact) mass is 266 g/mol. The molecule has 0 atom stereocenters. The van der Waals surface area contributed by atoms with Gasteiger partial charge in [-0.3, -0.25) is 5.41 Å². The zero-order chi connectivity index (χ0) is 14.1. The average molecular weight is 266 g/mol. The largest absolute Gasteiger partial charge is 0.384 e. The summed E-state index contributed by atoms with van der Waals surface area (Å²) < 4.78 is 1.78. The summed E-state index contributed by atoms with van der Waals surface area (Å²) in [4.78, 5) is 6.38. The van der Waals surface area contributed by atoms with Crippen LogP contribution in [0.3, 0.4) is 0 Å². The van der Waals surface area contributed by atoms with E-state index >= 15 is 0 Å². The Hall–Kier alpha value is -2.89. The average Bonchev–Trinajstić information content (AvgIpc) is 2.95. The van der Waals surface area contributed by atoms with E-state index in [-0.39, 0.29) is 5.84 Å². The number of benzene rings is 1. The van der Waals surface area contributed by atoms with Crippen LogP contribution >= 0.6 is 0 Å². The number of aromatic nitrogens is 3. The zero-order valence-electron chi connectivity index (χ0n) is 11.0. The highest BCUT2D eigenvalue weighted by molar-refractivity contribution is 5.95. The highest BCUT2D eigenvalue weighted by Gasteiger charge is 2.10. The summed E-state index contributed by atoms with van der Waals surface area (Å²) >= 11 is 0. The van der Waals surface area contributed by atoms with Crippen LogP contribution in [0.15, 0.2) is 48.9 Å². The van der Waals surface area contributed by atoms with Gasteiger partial charge in [0.1, 0.15) is 11.4 Å². The van der Waals surface area contributed by atoms with Crippen molar-refractivity contribution in [1.29, 1.82) is 5.41 Å². The van der Waals surface area contributed by atoms with Crippen LogP contribution in [0.1, 0.15) is 5.56 Å². The van der Waals surface area contributed by atoms with E-state index in [4.69, 9.17) is 11.1 Å². The molecule has 0 aliphatic rings. The van der Waals surface area contributed by atoms with Gasteiger partial charge in [-0.2, -0.15) is 5.10 Å². The Bertz CT molecular complexity index is 759. The highest BCUT2D eigenvalue weighted by atomic mass is 15.3. The molecule has 6 heteroatoms. The number of nitrogens with zero attached hydrogens (tertiary/aromatic N) is 4. The highest BCUT2D eigenvalue weighted by Crippen LogP contribution is 2.25. The fraction of sp³-hybridized carbons (Fsp3) is 0.0714. The maximum absolute atomic E-state index is 7.40. The summed E-state index contributed by atoms with van der Waals surface area (Å²) in [5, 5.41) is 11.6. The maximum Gasteiger partial charge on any atom is 0.158 e. The summed E-state index contributed by atoms with van der Waals surface area (Å²) in [5.41, 5.74) is 8.07. The van der Waals surface area contributed by atoms with E-state index in [1.165, 1.54) is 0 Å². The fourth-order valence-corrected chi connectivity index (χ4v) is 2.09. The van der Waals surface area contributed by atoms with Gasteiger partial charge in [-0.15, -0.1) is 0 Å². The number of amidine groups is 1. The lowest BCUT2D eigenvalue weighted by molar-refractivity contribution is 0.938. The van der Waals surface area contributed by atoms with Crippen LogP contribution in [0.5, 0.6) is 0 Å². The molecule has 0 aliphatic heterocycles. The third kappa shape index (κ3) is 1.97. The number of rotatable bonds is 3. The number of anilines is 2. The van der Waals surface area contributed by atoms with Crippen LogP contribution in [-0.2, 0) is 0 Å². The topological polar surface area (TPSA) is 83.3 Å². The second-order valence-corrected chi connectivity index (χ2v) is 4.43. The van der Waals surface area contributed by atoms with Crippen molar-refractivity contribution in [3.8, 4) is 0 Å². The Kier molecular flexibility index (Phi) is 2.83. The molecule has 0 unspecified atom stereocenters. The molecule has 0 saturated carbocycles. The van der Waals surface area contributed by atoms with Gasteiger partial charge >= 0.3 is 0 Å². The Morgan fingerprint density at radius 2 is 1.95 bits per heavy atom. The van der Waals surface area contributed by atoms with Crippen LogP contribution < -0.4 is 10.6 Å². The van der Waals surface area contributed by atoms with E-state index in [0.717, 1.165) is 17.0 Å². The molecule has 2 heterocycles. The van der Waals surface area contributed by atoms with Crippen molar-refractivity contribution >= 4 is 22.9 Å². The minimum atomic E-state index is 0.0650. The molecule has 3 aromatic rings. The van der Waals surface area contributed by atoms with Crippen LogP contribution in [0.2, 0.25) is 0 Å². The standard InChI is InChI=1S/C14H14N6/c1-19(11-4-2-10(3-5-11)13(15)16)14-12-6-7-18-20(12)9-8-17-14/h2-9H,1H3,(H3,15,16). The normalized spacial score (nSPS) is 10.7. The van der Waals surface area contributed by atoms with Gasteiger partial charge in [0.05, 0.1) is 6.20 Å². The van der Waals surface area contributed by atoms with Gasteiger partial charge in [-0.05, 0) is 30.3 Å². The summed E-state index contributed by atoms with van der Waals surface area (Å²) in [5.74, 6) is 0.885. The van der Waals surface area contributed by atoms with Crippen LogP contribution in [-0.4, -0.2) is 27.5 Å². The Labute approximate surface area is 116 Å². The van der Waals surface area contributed by atoms with Gasteiger partial charge in [-0.1, -0.05) is 0 Å². The molecule has 2 aromatic heterocycles. The summed E-state index contributed by atoms with van der Waals surface area (Å²) in [6.07, 6.45) is 5.27. The first-order chi connectivity index (χ1) is 9.66. The first-order valence-corrected chi connectivity index (χ1v) is 6.13. The quantitative estimate of drug-likeness (QED) is 0.559. The number of fused-ring (bicyclic) bond motifs is 1. The predicted molar refractivity (Wildman–Crippen MR) is 78.5 cm³/mol. The molecule has 1 aromatic carbocycles. The number of nitrogens with one attached hydrogen (secondary N) is 1. The zero-order valence-corrected chi connectivity index (χ0v) is 11.0. The van der Waals surface area contributed by atoms with Crippen molar-refractivity contribution < 1.29 is 0 Å². The number of hydrogen-bond acceptors (Lipinski definition) is 4. The van der Waals surface area contributed by atoms with E-state index in [2.05, 4.69) is 10.1 Å². The molecule has 100 valence electrons. The molecule has 0 spiro atoms. The summed E-state index contributed by atoms with van der Waals surface area (Å²) in [6, 6.07) is 9.40. The van der Waals surface area contributed by atoms with Gasteiger partial charge in [-0.25, -0.2) is 9.50 Å². The first-order valence-electron chi connectivity index (χ1n) is 6.13. The molecular weight excluding hydrogens is 252 g/mol. The molecule has 0 radical (unpaired) electrons. The number of nitrogen functional groups attached to an aromatic ring is 1. The van der Waals surface area contributed by atoms with E-state index in [1.807, 2.05) is 48.5 Å². The Morgan fingerprint density at radius 1 is 1.20 bits per heavy atom. The van der Waals surface area contributed by atoms with Crippen molar-refractivity contribution in [3.05, 3.63) is 54.5 Å². The minimum Gasteiger partial charge on any atom is -0.384 e. The van der Waals surface area contributed by atoms with Gasteiger partial charge in [0.2, 0.25) is 0 Å². The Balaban J connectivity index is 2.01. The van der Waals surface area contributed by atoms with Gasteiger partial charge in [0.25, 0.3) is 0 Å². The molecule has 0 aliphatic carbocycles. The predicted octanol–water partition coefficient (Wildman–Crippen LogP) is 1.78. The molecule has 0 bridgehead atoms. The van der Waals surface area contributed by atoms with Crippen LogP contribution in [0.4, 0.5) is 11.5 Å². The van der Waals surface area contributed by atoms with Gasteiger partial charge in [0, 0.05) is 30.7 Å². The number of hydrogen-bond donors (Lipinski definition) is 2. The lowest BCUT2D eigenvalue weighted by atomic mass is 10.2. The van der Waals surface area contributed by atoms with Crippen molar-refractivity contribution in [1.82, 2.24) is 14.6 Å². The van der Waals surface area contributed by atoms with E-state index in [9.17, 15) is 0 Å². The van der Waals surface area contributed by atoms with Crippen molar-refractivity contribution in [2.75, 3.05) is 11.9 Å². The smallest absolute Gasteiger partial charge is 0.158 e. The van der Waals surface area contributed by atoms with Crippen molar-refractivity contribution in [2.45, 2.75) is 0 Å². The molecular formula is C14H14N6. The molecule has 0 fully saturated rings. The fourth-order valence-electron chi connectivity index (χ4n) is 2.09. The van der Waals surface area contributed by atoms with Gasteiger partial charge < -0.3 is 10.6 Å². The molecule has 3 rings (SSSR count). The molecule has 20 heavy (non-hydrogen) atoms. The molecule has 0 saturated heterocycles. The number of nitrogens with two attached hydrogens (primary N) is 1. The minimum absolute atomic E-state index is 0.0650. The summed E-state index contributed by atoms with van der Waals surface area (Å²) in [6.45, 7) is 0. The van der Waals surface area contributed by atoms with E-state index in [0.29, 0.717) is 5.56 Å². The maximum atomic E-state index is 7.40. The van der Waals surface area contributed by atoms with E-state index in [1.54, 1.807) is 16.9 Å². The van der Waals surface area contributed by atoms with Gasteiger partial charge in [0.15, 0.2) is 5.82 Å². The summed E-state index contributed by atoms with van der Waals surface area (Å²) in [7, 11) is 1.94. The SMILES string of the molecule is CN(c1ccc(C(=N)N)cc1)c1nccn2nccc12. The van der Waals surface area contributed by atoms with E-state index < -0.39 is 0 Å². The third-order valence-electron chi connectivity index (χ3n) is 3.19. The third-order valence-corrected chi connectivity index (χ3v) is 3.19. The molecule has 6 nitrogen and oxygen atoms in total.